The summed E-state index contributed by atoms with van der Waals surface area (Å²) in [6.45, 7) is 0.293. The molecular weight excluding hydrogens is 424 g/mol. The Bertz CT molecular complexity index is 811. The third-order valence-corrected chi connectivity index (χ3v) is 4.98. The lowest BCUT2D eigenvalue weighted by atomic mass is 10.2. The van der Waals surface area contributed by atoms with Crippen molar-refractivity contribution in [1.82, 2.24) is 0 Å². The summed E-state index contributed by atoms with van der Waals surface area (Å²) in [6, 6.07) is 18.7. The zero-order valence-corrected chi connectivity index (χ0v) is 16.0. The molecule has 2 aromatic rings. The first-order chi connectivity index (χ1) is 13.0. The zero-order valence-electron chi connectivity index (χ0n) is 14.3. The number of aliphatic hydroxyl groups excluding tert-OH is 1. The van der Waals surface area contributed by atoms with Gasteiger partial charge in [0.2, 0.25) is 0 Å². The van der Waals surface area contributed by atoms with Gasteiger partial charge in [-0.1, -0.05) is 60.7 Å². The molecule has 0 amide bonds. The summed E-state index contributed by atoms with van der Waals surface area (Å²) < 4.78 is 80.3. The number of rotatable bonds is 7. The molecule has 0 aliphatic heterocycles. The Morgan fingerprint density at radius 2 is 1.18 bits per heavy atom. The van der Waals surface area contributed by atoms with E-state index >= 15 is 0 Å². The molecule has 2 aromatic carbocycles. The minimum absolute atomic E-state index is 0.146. The molecule has 28 heavy (non-hydrogen) atoms. The van der Waals surface area contributed by atoms with E-state index in [-0.39, 0.29) is 13.2 Å². The number of benzene rings is 2. The van der Waals surface area contributed by atoms with Crippen molar-refractivity contribution in [3.63, 3.8) is 0 Å². The van der Waals surface area contributed by atoms with E-state index in [4.69, 9.17) is 22.0 Å². The SMILES string of the molecule is O=P(CO)(OCc1ccccc1)OCc1ccccc1.O=S(=O)(O)C(F)(F)F. The van der Waals surface area contributed by atoms with Gasteiger partial charge in [0.25, 0.3) is 0 Å². The maximum atomic E-state index is 12.2. The highest BCUT2D eigenvalue weighted by atomic mass is 32.2. The van der Waals surface area contributed by atoms with Gasteiger partial charge < -0.3 is 14.2 Å². The quantitative estimate of drug-likeness (QED) is 0.379. The lowest BCUT2D eigenvalue weighted by Gasteiger charge is -2.16. The van der Waals surface area contributed by atoms with E-state index in [0.717, 1.165) is 11.1 Å². The van der Waals surface area contributed by atoms with E-state index in [0.29, 0.717) is 0 Å². The van der Waals surface area contributed by atoms with Crippen molar-refractivity contribution in [3.05, 3.63) is 71.8 Å². The van der Waals surface area contributed by atoms with E-state index in [1.807, 2.05) is 60.7 Å². The first kappa shape index (κ1) is 24.3. The van der Waals surface area contributed by atoms with Crippen molar-refractivity contribution in [3.8, 4) is 0 Å². The van der Waals surface area contributed by atoms with Crippen LogP contribution in [0.2, 0.25) is 0 Å². The van der Waals surface area contributed by atoms with Crippen molar-refractivity contribution in [2.75, 3.05) is 6.35 Å². The Morgan fingerprint density at radius 1 is 0.857 bits per heavy atom. The topological polar surface area (TPSA) is 110 Å². The molecule has 156 valence electrons. The third-order valence-electron chi connectivity index (χ3n) is 3.01. The minimum Gasteiger partial charge on any atom is -0.384 e. The molecule has 2 rings (SSSR count). The Kier molecular flexibility index (Phi) is 9.28. The molecule has 0 heterocycles. The summed E-state index contributed by atoms with van der Waals surface area (Å²) in [5.41, 5.74) is -3.78. The molecule has 0 atom stereocenters. The second-order valence-electron chi connectivity index (χ2n) is 5.19. The number of hydrogen-bond acceptors (Lipinski definition) is 6. The second kappa shape index (κ2) is 10.7. The Labute approximate surface area is 160 Å². The van der Waals surface area contributed by atoms with Crippen LogP contribution >= 0.6 is 7.60 Å². The van der Waals surface area contributed by atoms with Crippen LogP contribution in [0, 0.1) is 0 Å². The number of aliphatic hydroxyl groups is 1. The van der Waals surface area contributed by atoms with E-state index in [1.54, 1.807) is 0 Å². The van der Waals surface area contributed by atoms with Crippen LogP contribution in [-0.4, -0.2) is 29.9 Å². The van der Waals surface area contributed by atoms with Gasteiger partial charge in [-0.25, -0.2) is 0 Å². The van der Waals surface area contributed by atoms with Crippen LogP contribution in [0.4, 0.5) is 13.2 Å². The van der Waals surface area contributed by atoms with E-state index < -0.39 is 29.6 Å². The molecule has 0 radical (unpaired) electrons. The van der Waals surface area contributed by atoms with Crippen LogP contribution in [0.3, 0.4) is 0 Å². The fourth-order valence-electron chi connectivity index (χ4n) is 1.61. The molecule has 0 bridgehead atoms. The molecule has 0 saturated carbocycles. The molecule has 0 spiro atoms. The molecule has 0 aliphatic carbocycles. The molecular formula is C16H18F3O7PS. The fraction of sp³-hybridized carbons (Fsp3) is 0.250. The van der Waals surface area contributed by atoms with Gasteiger partial charge in [-0.15, -0.1) is 0 Å². The second-order valence-corrected chi connectivity index (χ2v) is 8.63. The maximum absolute atomic E-state index is 12.2. The van der Waals surface area contributed by atoms with Gasteiger partial charge in [0.05, 0.1) is 13.2 Å². The van der Waals surface area contributed by atoms with Crippen LogP contribution in [0.15, 0.2) is 60.7 Å². The van der Waals surface area contributed by atoms with Crippen LogP contribution < -0.4 is 0 Å². The molecule has 7 nitrogen and oxygen atoms in total. The van der Waals surface area contributed by atoms with Crippen molar-refractivity contribution in [2.24, 2.45) is 0 Å². The van der Waals surface area contributed by atoms with Gasteiger partial charge in [0.1, 0.15) is 6.35 Å². The van der Waals surface area contributed by atoms with Gasteiger partial charge in [-0.3, -0.25) is 9.12 Å². The maximum Gasteiger partial charge on any atom is 0.522 e. The summed E-state index contributed by atoms with van der Waals surface area (Å²) in [4.78, 5) is 0. The normalized spacial score (nSPS) is 12.2. The zero-order chi connectivity index (χ0) is 21.3. The highest BCUT2D eigenvalue weighted by molar-refractivity contribution is 7.86. The largest absolute Gasteiger partial charge is 0.522 e. The van der Waals surface area contributed by atoms with Crippen molar-refractivity contribution in [2.45, 2.75) is 18.7 Å². The smallest absolute Gasteiger partial charge is 0.384 e. The summed E-state index contributed by atoms with van der Waals surface area (Å²) >= 11 is 0. The summed E-state index contributed by atoms with van der Waals surface area (Å²) in [7, 11) is -9.32. The molecule has 0 fully saturated rings. The number of alkyl halides is 3. The van der Waals surface area contributed by atoms with E-state index in [9.17, 15) is 22.8 Å². The Hall–Kier alpha value is -1.75. The highest BCUT2D eigenvalue weighted by Crippen LogP contribution is 2.48. The predicted molar refractivity (Wildman–Crippen MR) is 94.8 cm³/mol. The molecule has 2 N–H and O–H groups in total. The lowest BCUT2D eigenvalue weighted by molar-refractivity contribution is -0.0510. The number of halogens is 3. The Balaban J connectivity index is 0.000000416. The van der Waals surface area contributed by atoms with Gasteiger partial charge in [0.15, 0.2) is 0 Å². The lowest BCUT2D eigenvalue weighted by Crippen LogP contribution is -2.21. The fourth-order valence-corrected chi connectivity index (χ4v) is 2.54. The average molecular weight is 442 g/mol. The molecule has 0 aromatic heterocycles. The van der Waals surface area contributed by atoms with Gasteiger partial charge >= 0.3 is 23.2 Å². The summed E-state index contributed by atoms with van der Waals surface area (Å²) in [5, 5.41) is 9.23. The number of hydrogen-bond donors (Lipinski definition) is 2. The van der Waals surface area contributed by atoms with Crippen molar-refractivity contribution < 1.29 is 44.9 Å². The molecule has 12 heteroatoms. The monoisotopic (exact) mass is 442 g/mol. The predicted octanol–water partition coefficient (Wildman–Crippen LogP) is 3.96. The van der Waals surface area contributed by atoms with Gasteiger partial charge in [-0.05, 0) is 11.1 Å². The summed E-state index contributed by atoms with van der Waals surface area (Å²) in [6.07, 6.45) is -0.632. The van der Waals surface area contributed by atoms with Crippen molar-refractivity contribution >= 4 is 17.7 Å². The third kappa shape index (κ3) is 8.96. The summed E-state index contributed by atoms with van der Waals surface area (Å²) in [5.74, 6) is 0. The molecule has 0 aliphatic rings. The van der Waals surface area contributed by atoms with Crippen LogP contribution in [-0.2, 0) is 36.9 Å². The van der Waals surface area contributed by atoms with Gasteiger partial charge in [-0.2, -0.15) is 21.6 Å². The first-order valence-electron chi connectivity index (χ1n) is 7.57. The van der Waals surface area contributed by atoms with E-state index in [2.05, 4.69) is 0 Å². The Morgan fingerprint density at radius 3 is 1.43 bits per heavy atom. The minimum atomic E-state index is -5.84. The van der Waals surface area contributed by atoms with Crippen LogP contribution in [0.5, 0.6) is 0 Å². The standard InChI is InChI=1S/C15H17O4P.CHF3O3S/c16-13-20(17,18-11-14-7-3-1-4-8-14)19-12-15-9-5-2-6-10-15;2-1(3,4)8(5,6)7/h1-10,16H,11-13H2;(H,5,6,7). The first-order valence-corrected chi connectivity index (χ1v) is 10.7. The average Bonchev–Trinajstić information content (AvgIpc) is 2.65. The van der Waals surface area contributed by atoms with Crippen LogP contribution in [0.25, 0.3) is 0 Å². The molecule has 0 unspecified atom stereocenters. The van der Waals surface area contributed by atoms with Crippen LogP contribution in [0.1, 0.15) is 11.1 Å². The van der Waals surface area contributed by atoms with Crippen molar-refractivity contribution in [1.29, 1.82) is 0 Å². The highest BCUT2D eigenvalue weighted by Gasteiger charge is 2.44. The molecule has 0 saturated heterocycles. The van der Waals surface area contributed by atoms with E-state index in [1.165, 1.54) is 0 Å². The van der Waals surface area contributed by atoms with Gasteiger partial charge in [0, 0.05) is 0 Å².